The van der Waals surface area contributed by atoms with Gasteiger partial charge in [0.1, 0.15) is 6.04 Å². The molecule has 0 radical (unpaired) electrons. The van der Waals surface area contributed by atoms with Gasteiger partial charge < -0.3 is 15.0 Å². The second-order valence-corrected chi connectivity index (χ2v) is 5.13. The molecule has 2 amide bonds. The maximum atomic E-state index is 12.1. The lowest BCUT2D eigenvalue weighted by atomic mass is 10.1. The summed E-state index contributed by atoms with van der Waals surface area (Å²) in [5.41, 5.74) is 3.28. The molecule has 0 aliphatic heterocycles. The number of alkyl carbamates (subject to hydrolysis) is 1. The zero-order valence-corrected chi connectivity index (χ0v) is 13.3. The summed E-state index contributed by atoms with van der Waals surface area (Å²) in [5, 5.41) is 9.57. The van der Waals surface area contributed by atoms with Crippen molar-refractivity contribution >= 4 is 12.0 Å². The number of amides is 2. The van der Waals surface area contributed by atoms with E-state index >= 15 is 0 Å². The minimum atomic E-state index is -0.603. The number of carbonyl (C=O) groups excluding carboxylic acids is 2. The van der Waals surface area contributed by atoms with Crippen LogP contribution in [0.3, 0.4) is 0 Å². The molecule has 1 aromatic heterocycles. The number of aryl methyl sites for hydroxylation is 2. The molecule has 1 heterocycles. The van der Waals surface area contributed by atoms with Crippen LogP contribution in [0.5, 0.6) is 0 Å². The van der Waals surface area contributed by atoms with Gasteiger partial charge in [0.25, 0.3) is 0 Å². The van der Waals surface area contributed by atoms with Crippen LogP contribution in [0.15, 0.2) is 0 Å². The summed E-state index contributed by atoms with van der Waals surface area (Å²) in [5.74, 6) is -0.138. The number of aromatic amines is 1. The average Bonchev–Trinajstić information content (AvgIpc) is 2.77. The highest BCUT2D eigenvalue weighted by Gasteiger charge is 2.19. The fourth-order valence-electron chi connectivity index (χ4n) is 2.17. The lowest BCUT2D eigenvalue weighted by molar-refractivity contribution is -0.131. The van der Waals surface area contributed by atoms with Gasteiger partial charge >= 0.3 is 6.09 Å². The Balaban J connectivity index is 2.41. The molecule has 0 saturated carbocycles. The van der Waals surface area contributed by atoms with Crippen molar-refractivity contribution in [2.75, 3.05) is 20.7 Å². The van der Waals surface area contributed by atoms with Gasteiger partial charge in [-0.2, -0.15) is 5.10 Å². The van der Waals surface area contributed by atoms with Crippen LogP contribution in [0.2, 0.25) is 0 Å². The number of H-pyrrole nitrogens is 1. The van der Waals surface area contributed by atoms with Crippen LogP contribution in [-0.2, 0) is 16.0 Å². The molecule has 0 saturated heterocycles. The van der Waals surface area contributed by atoms with E-state index in [4.69, 9.17) is 0 Å². The van der Waals surface area contributed by atoms with Crippen molar-refractivity contribution in [2.24, 2.45) is 0 Å². The van der Waals surface area contributed by atoms with Crippen LogP contribution in [0.25, 0.3) is 0 Å². The summed E-state index contributed by atoms with van der Waals surface area (Å²) in [6, 6.07) is -0.597. The van der Waals surface area contributed by atoms with Gasteiger partial charge in [-0.25, -0.2) is 4.79 Å². The number of likely N-dealkylation sites (N-methyl/N-ethyl adjacent to an activating group) is 1. The number of methoxy groups -OCH3 is 1. The van der Waals surface area contributed by atoms with Crippen LogP contribution >= 0.6 is 0 Å². The molecular weight excluding hydrogens is 272 g/mol. The SMILES string of the molecule is COC(=O)NC(C)C(=O)N(C)CCCc1c(C)n[nH]c1C. The Morgan fingerprint density at radius 1 is 1.43 bits per heavy atom. The van der Waals surface area contributed by atoms with E-state index in [0.717, 1.165) is 24.2 Å². The lowest BCUT2D eigenvalue weighted by Gasteiger charge is -2.21. The Kier molecular flexibility index (Phi) is 6.20. The average molecular weight is 296 g/mol. The molecule has 118 valence electrons. The highest BCUT2D eigenvalue weighted by Crippen LogP contribution is 2.12. The van der Waals surface area contributed by atoms with E-state index in [1.165, 1.54) is 12.7 Å². The third kappa shape index (κ3) is 4.77. The van der Waals surface area contributed by atoms with E-state index in [0.29, 0.717) is 6.54 Å². The molecule has 21 heavy (non-hydrogen) atoms. The highest BCUT2D eigenvalue weighted by molar-refractivity contribution is 5.85. The smallest absolute Gasteiger partial charge is 0.407 e. The molecule has 0 fully saturated rings. The molecule has 0 aliphatic carbocycles. The fraction of sp³-hybridized carbons (Fsp3) is 0.643. The Morgan fingerprint density at radius 2 is 2.10 bits per heavy atom. The summed E-state index contributed by atoms with van der Waals surface area (Å²) < 4.78 is 4.48. The van der Waals surface area contributed by atoms with Gasteiger partial charge in [0.2, 0.25) is 5.91 Å². The molecule has 0 bridgehead atoms. The zero-order chi connectivity index (χ0) is 16.0. The number of nitrogens with zero attached hydrogens (tertiary/aromatic N) is 2. The lowest BCUT2D eigenvalue weighted by Crippen LogP contribution is -2.45. The van der Waals surface area contributed by atoms with Crippen LogP contribution in [0.4, 0.5) is 4.79 Å². The van der Waals surface area contributed by atoms with Gasteiger partial charge in [-0.15, -0.1) is 0 Å². The van der Waals surface area contributed by atoms with Gasteiger partial charge in [0.15, 0.2) is 0 Å². The monoisotopic (exact) mass is 296 g/mol. The second-order valence-electron chi connectivity index (χ2n) is 5.13. The third-order valence-corrected chi connectivity index (χ3v) is 3.47. The maximum absolute atomic E-state index is 12.1. The number of hydrogen-bond donors (Lipinski definition) is 2. The van der Waals surface area contributed by atoms with Crippen molar-refractivity contribution in [3.8, 4) is 0 Å². The molecule has 7 heteroatoms. The Bertz CT molecular complexity index is 479. The van der Waals surface area contributed by atoms with Gasteiger partial charge in [-0.3, -0.25) is 9.89 Å². The summed E-state index contributed by atoms with van der Waals surface area (Å²) in [6.07, 6.45) is 1.10. The molecule has 0 spiro atoms. The number of rotatable bonds is 6. The van der Waals surface area contributed by atoms with Crippen molar-refractivity contribution in [3.05, 3.63) is 17.0 Å². The first-order chi connectivity index (χ1) is 9.86. The Labute approximate surface area is 125 Å². The van der Waals surface area contributed by atoms with Crippen molar-refractivity contribution in [1.29, 1.82) is 0 Å². The molecule has 1 unspecified atom stereocenters. The minimum Gasteiger partial charge on any atom is -0.453 e. The van der Waals surface area contributed by atoms with E-state index in [1.54, 1.807) is 18.9 Å². The van der Waals surface area contributed by atoms with E-state index in [-0.39, 0.29) is 5.91 Å². The largest absolute Gasteiger partial charge is 0.453 e. The van der Waals surface area contributed by atoms with Crippen LogP contribution in [0, 0.1) is 13.8 Å². The predicted octanol–water partition coefficient (Wildman–Crippen LogP) is 1.16. The molecule has 0 aromatic carbocycles. The van der Waals surface area contributed by atoms with Crippen LogP contribution in [-0.4, -0.2) is 53.8 Å². The summed E-state index contributed by atoms with van der Waals surface area (Å²) in [4.78, 5) is 24.8. The van der Waals surface area contributed by atoms with Gasteiger partial charge in [-0.05, 0) is 39.2 Å². The summed E-state index contributed by atoms with van der Waals surface area (Å²) in [7, 11) is 3.00. The number of carbonyl (C=O) groups is 2. The summed E-state index contributed by atoms with van der Waals surface area (Å²) in [6.45, 7) is 6.22. The van der Waals surface area contributed by atoms with Crippen LogP contribution < -0.4 is 5.32 Å². The van der Waals surface area contributed by atoms with Crippen molar-refractivity contribution in [1.82, 2.24) is 20.4 Å². The quantitative estimate of drug-likeness (QED) is 0.824. The highest BCUT2D eigenvalue weighted by atomic mass is 16.5. The summed E-state index contributed by atoms with van der Waals surface area (Å²) >= 11 is 0. The molecule has 2 N–H and O–H groups in total. The number of hydrogen-bond acceptors (Lipinski definition) is 4. The van der Waals surface area contributed by atoms with Gasteiger partial charge in [0, 0.05) is 19.3 Å². The number of ether oxygens (including phenoxy) is 1. The molecule has 1 atom stereocenters. The number of aromatic nitrogens is 2. The zero-order valence-electron chi connectivity index (χ0n) is 13.3. The number of nitrogens with one attached hydrogen (secondary N) is 2. The van der Waals surface area contributed by atoms with E-state index in [9.17, 15) is 9.59 Å². The molecule has 1 aromatic rings. The first kappa shape index (κ1) is 17.0. The van der Waals surface area contributed by atoms with E-state index in [1.807, 2.05) is 13.8 Å². The van der Waals surface area contributed by atoms with Crippen molar-refractivity contribution in [3.63, 3.8) is 0 Å². The van der Waals surface area contributed by atoms with E-state index in [2.05, 4.69) is 20.3 Å². The fourth-order valence-corrected chi connectivity index (χ4v) is 2.17. The maximum Gasteiger partial charge on any atom is 0.407 e. The first-order valence-corrected chi connectivity index (χ1v) is 6.96. The minimum absolute atomic E-state index is 0.138. The molecular formula is C14H24N4O3. The Morgan fingerprint density at radius 3 is 2.62 bits per heavy atom. The van der Waals surface area contributed by atoms with Crippen LogP contribution in [0.1, 0.15) is 30.3 Å². The van der Waals surface area contributed by atoms with Crippen molar-refractivity contribution in [2.45, 2.75) is 39.7 Å². The standard InChI is InChI=1S/C14H24N4O3/c1-9-12(10(2)17-16-9)7-6-8-18(4)13(19)11(3)15-14(20)21-5/h11H,6-8H2,1-5H3,(H,15,20)(H,16,17). The second kappa shape index (κ2) is 7.66. The first-order valence-electron chi connectivity index (χ1n) is 6.96. The van der Waals surface area contributed by atoms with Crippen molar-refractivity contribution < 1.29 is 14.3 Å². The Hall–Kier alpha value is -2.05. The van der Waals surface area contributed by atoms with E-state index < -0.39 is 12.1 Å². The molecule has 1 rings (SSSR count). The molecule has 0 aliphatic rings. The molecule has 7 nitrogen and oxygen atoms in total. The third-order valence-electron chi connectivity index (χ3n) is 3.47. The topological polar surface area (TPSA) is 87.3 Å². The van der Waals surface area contributed by atoms with Gasteiger partial charge in [-0.1, -0.05) is 0 Å². The predicted molar refractivity (Wildman–Crippen MR) is 79.0 cm³/mol. The normalized spacial score (nSPS) is 11.9. The van der Waals surface area contributed by atoms with Gasteiger partial charge in [0.05, 0.1) is 12.8 Å².